The van der Waals surface area contributed by atoms with Crippen LogP contribution in [0.1, 0.15) is 16.7 Å². The molecule has 0 bridgehead atoms. The highest BCUT2D eigenvalue weighted by molar-refractivity contribution is 7.98. The van der Waals surface area contributed by atoms with Gasteiger partial charge in [-0.05, 0) is 42.0 Å². The van der Waals surface area contributed by atoms with Crippen molar-refractivity contribution in [3.05, 3.63) is 94.5 Å². The van der Waals surface area contributed by atoms with E-state index < -0.39 is 0 Å². The fourth-order valence-electron chi connectivity index (χ4n) is 2.60. The summed E-state index contributed by atoms with van der Waals surface area (Å²) in [5.74, 6) is 7.32. The maximum absolute atomic E-state index is 6.04. The van der Waals surface area contributed by atoms with Crippen molar-refractivity contribution in [2.24, 2.45) is 0 Å². The zero-order chi connectivity index (χ0) is 17.8. The van der Waals surface area contributed by atoms with Gasteiger partial charge in [-0.2, -0.15) is 0 Å². The van der Waals surface area contributed by atoms with Gasteiger partial charge in [-0.3, -0.25) is 0 Å². The van der Waals surface area contributed by atoms with E-state index in [1.165, 1.54) is 5.56 Å². The monoisotopic (exact) mass is 374 g/mol. The Hall–Kier alpha value is -2.67. The van der Waals surface area contributed by atoms with E-state index in [0.717, 1.165) is 33.1 Å². The van der Waals surface area contributed by atoms with Crippen LogP contribution in [0.2, 0.25) is 5.02 Å². The molecule has 0 amide bonds. The molecule has 0 fully saturated rings. The second kappa shape index (κ2) is 7.70. The second-order valence-corrected chi connectivity index (χ2v) is 7.17. The molecule has 0 saturated heterocycles. The fourth-order valence-corrected chi connectivity index (χ4v) is 3.66. The van der Waals surface area contributed by atoms with Gasteiger partial charge in [0.15, 0.2) is 5.16 Å². The molecule has 3 aromatic carbocycles. The summed E-state index contributed by atoms with van der Waals surface area (Å²) < 4.78 is 0. The average molecular weight is 375 g/mol. The lowest BCUT2D eigenvalue weighted by Gasteiger charge is -2.02. The molecule has 0 unspecified atom stereocenters. The number of imidazole rings is 1. The van der Waals surface area contributed by atoms with Crippen LogP contribution in [0, 0.1) is 11.8 Å². The molecule has 1 aromatic heterocycles. The molecule has 4 rings (SSSR count). The highest BCUT2D eigenvalue weighted by Gasteiger charge is 2.06. The summed E-state index contributed by atoms with van der Waals surface area (Å²) in [6.45, 7) is 0. The van der Waals surface area contributed by atoms with Gasteiger partial charge in [-0.1, -0.05) is 71.6 Å². The maximum atomic E-state index is 6.04. The Morgan fingerprint density at radius 2 is 1.73 bits per heavy atom. The molecule has 0 aliphatic carbocycles. The molecule has 26 heavy (non-hydrogen) atoms. The summed E-state index contributed by atoms with van der Waals surface area (Å²) in [6, 6.07) is 23.9. The number of thioether (sulfide) groups is 1. The smallest absolute Gasteiger partial charge is 0.166 e. The van der Waals surface area contributed by atoms with Crippen LogP contribution in [0.4, 0.5) is 0 Å². The Morgan fingerprint density at radius 3 is 2.62 bits per heavy atom. The van der Waals surface area contributed by atoms with E-state index in [-0.39, 0.29) is 0 Å². The SMILES string of the molecule is Clc1ccc2nc(SCc3ccccc3C#Cc3ccccc3)[nH]c2c1. The molecule has 0 saturated carbocycles. The standard InChI is InChI=1S/C22H15ClN2S/c23-19-12-13-20-21(14-19)25-22(24-20)26-15-18-9-5-4-8-17(18)11-10-16-6-2-1-3-7-16/h1-9,12-14H,15H2,(H,24,25). The number of H-pyrrole nitrogens is 1. The molecule has 0 spiro atoms. The fraction of sp³-hybridized carbons (Fsp3) is 0.0455. The molecule has 4 aromatic rings. The molecule has 4 heteroatoms. The summed E-state index contributed by atoms with van der Waals surface area (Å²) >= 11 is 7.70. The quantitative estimate of drug-likeness (QED) is 0.357. The van der Waals surface area contributed by atoms with Crippen LogP contribution < -0.4 is 0 Å². The number of halogens is 1. The minimum atomic E-state index is 0.708. The first-order valence-corrected chi connectivity index (χ1v) is 9.57. The number of benzene rings is 3. The Balaban J connectivity index is 1.54. The number of fused-ring (bicyclic) bond motifs is 1. The van der Waals surface area contributed by atoms with Crippen LogP contribution in [-0.4, -0.2) is 9.97 Å². The van der Waals surface area contributed by atoms with Crippen LogP contribution in [0.5, 0.6) is 0 Å². The van der Waals surface area contributed by atoms with Crippen molar-refractivity contribution in [2.45, 2.75) is 10.9 Å². The van der Waals surface area contributed by atoms with E-state index in [1.54, 1.807) is 11.8 Å². The lowest BCUT2D eigenvalue weighted by Crippen LogP contribution is -1.88. The van der Waals surface area contributed by atoms with E-state index in [4.69, 9.17) is 11.6 Å². The van der Waals surface area contributed by atoms with Crippen molar-refractivity contribution < 1.29 is 0 Å². The van der Waals surface area contributed by atoms with Crippen LogP contribution in [-0.2, 0) is 5.75 Å². The second-order valence-electron chi connectivity index (χ2n) is 5.77. The lowest BCUT2D eigenvalue weighted by molar-refractivity contribution is 1.08. The summed E-state index contributed by atoms with van der Waals surface area (Å²) in [6.07, 6.45) is 0. The van der Waals surface area contributed by atoms with Gasteiger partial charge in [0.25, 0.3) is 0 Å². The highest BCUT2D eigenvalue weighted by Crippen LogP contribution is 2.25. The van der Waals surface area contributed by atoms with E-state index in [0.29, 0.717) is 5.02 Å². The van der Waals surface area contributed by atoms with E-state index in [9.17, 15) is 0 Å². The van der Waals surface area contributed by atoms with Gasteiger partial charge in [-0.15, -0.1) is 0 Å². The zero-order valence-corrected chi connectivity index (χ0v) is 15.4. The van der Waals surface area contributed by atoms with Crippen LogP contribution in [0.25, 0.3) is 11.0 Å². The van der Waals surface area contributed by atoms with Crippen molar-refractivity contribution in [3.8, 4) is 11.8 Å². The van der Waals surface area contributed by atoms with Crippen LogP contribution in [0.15, 0.2) is 78.0 Å². The molecular formula is C22H15ClN2S. The molecule has 0 aliphatic heterocycles. The Labute approximate surface area is 161 Å². The van der Waals surface area contributed by atoms with Gasteiger partial charge in [0, 0.05) is 21.9 Å². The Bertz CT molecular complexity index is 1110. The number of rotatable bonds is 3. The number of hydrogen-bond donors (Lipinski definition) is 1. The first kappa shape index (κ1) is 16.8. The summed E-state index contributed by atoms with van der Waals surface area (Å²) in [4.78, 5) is 7.92. The first-order chi connectivity index (χ1) is 12.8. The van der Waals surface area contributed by atoms with Crippen LogP contribution in [0.3, 0.4) is 0 Å². The third-order valence-electron chi connectivity index (χ3n) is 3.92. The molecule has 126 valence electrons. The van der Waals surface area contributed by atoms with E-state index >= 15 is 0 Å². The van der Waals surface area contributed by atoms with Crippen LogP contribution >= 0.6 is 23.4 Å². The summed E-state index contributed by atoms with van der Waals surface area (Å²) in [5.41, 5.74) is 5.14. The zero-order valence-electron chi connectivity index (χ0n) is 13.9. The minimum absolute atomic E-state index is 0.708. The summed E-state index contributed by atoms with van der Waals surface area (Å²) in [7, 11) is 0. The van der Waals surface area contributed by atoms with Crippen molar-refractivity contribution in [1.82, 2.24) is 9.97 Å². The van der Waals surface area contributed by atoms with Crippen molar-refractivity contribution in [2.75, 3.05) is 0 Å². The molecule has 1 heterocycles. The molecule has 0 radical (unpaired) electrons. The van der Waals surface area contributed by atoms with Gasteiger partial charge in [0.1, 0.15) is 0 Å². The Morgan fingerprint density at radius 1 is 0.923 bits per heavy atom. The molecule has 0 atom stereocenters. The van der Waals surface area contributed by atoms with Crippen molar-refractivity contribution >= 4 is 34.4 Å². The topological polar surface area (TPSA) is 28.7 Å². The van der Waals surface area contributed by atoms with Gasteiger partial charge in [-0.25, -0.2) is 4.98 Å². The summed E-state index contributed by atoms with van der Waals surface area (Å²) in [5, 5.41) is 1.59. The average Bonchev–Trinajstić information content (AvgIpc) is 3.08. The highest BCUT2D eigenvalue weighted by atomic mass is 35.5. The Kier molecular flexibility index (Phi) is 4.97. The minimum Gasteiger partial charge on any atom is -0.333 e. The van der Waals surface area contributed by atoms with E-state index in [1.807, 2.05) is 60.7 Å². The van der Waals surface area contributed by atoms with Crippen molar-refractivity contribution in [3.63, 3.8) is 0 Å². The van der Waals surface area contributed by atoms with E-state index in [2.05, 4.69) is 33.9 Å². The van der Waals surface area contributed by atoms with Gasteiger partial charge < -0.3 is 4.98 Å². The molecular weight excluding hydrogens is 360 g/mol. The number of nitrogens with zero attached hydrogens (tertiary/aromatic N) is 1. The number of aromatic nitrogens is 2. The van der Waals surface area contributed by atoms with Gasteiger partial charge in [0.05, 0.1) is 11.0 Å². The largest absolute Gasteiger partial charge is 0.333 e. The van der Waals surface area contributed by atoms with Gasteiger partial charge >= 0.3 is 0 Å². The third-order valence-corrected chi connectivity index (χ3v) is 5.08. The maximum Gasteiger partial charge on any atom is 0.166 e. The first-order valence-electron chi connectivity index (χ1n) is 8.21. The van der Waals surface area contributed by atoms with Crippen molar-refractivity contribution in [1.29, 1.82) is 0 Å². The number of hydrogen-bond acceptors (Lipinski definition) is 2. The molecule has 2 nitrogen and oxygen atoms in total. The number of nitrogens with one attached hydrogen (secondary N) is 1. The lowest BCUT2D eigenvalue weighted by atomic mass is 10.1. The molecule has 1 N–H and O–H groups in total. The van der Waals surface area contributed by atoms with Gasteiger partial charge in [0.2, 0.25) is 0 Å². The predicted octanol–water partition coefficient (Wildman–Crippen LogP) is 5.91. The normalized spacial score (nSPS) is 10.5. The third kappa shape index (κ3) is 3.94. The number of aromatic amines is 1. The molecule has 0 aliphatic rings. The predicted molar refractivity (Wildman–Crippen MR) is 110 cm³/mol.